The Hall–Kier alpha value is -4.45. The van der Waals surface area contributed by atoms with Crippen molar-refractivity contribution in [1.29, 1.82) is 0 Å². The summed E-state index contributed by atoms with van der Waals surface area (Å²) < 4.78 is 22.6. The number of hydrogen-bond donors (Lipinski definition) is 0. The number of ether oxygens (including phenoxy) is 4. The van der Waals surface area contributed by atoms with Crippen LogP contribution in [-0.2, 0) is 6.42 Å². The second-order valence-corrected chi connectivity index (χ2v) is 9.10. The minimum atomic E-state index is -0.304. The van der Waals surface area contributed by atoms with E-state index in [9.17, 15) is 4.79 Å². The molecule has 1 atom stereocenters. The first-order valence-corrected chi connectivity index (χ1v) is 12.6. The van der Waals surface area contributed by atoms with Gasteiger partial charge in [-0.3, -0.25) is 4.79 Å². The summed E-state index contributed by atoms with van der Waals surface area (Å²) >= 11 is 0. The number of fused-ring (bicyclic) bond motifs is 1. The monoisotopic (exact) mass is 509 g/mol. The van der Waals surface area contributed by atoms with Crippen molar-refractivity contribution in [2.45, 2.75) is 12.5 Å². The molecule has 1 aliphatic heterocycles. The Morgan fingerprint density at radius 1 is 0.763 bits per heavy atom. The molecule has 0 N–H and O–H groups in total. The van der Waals surface area contributed by atoms with Gasteiger partial charge in [0.2, 0.25) is 0 Å². The van der Waals surface area contributed by atoms with Gasteiger partial charge in [0.05, 0.1) is 27.4 Å². The van der Waals surface area contributed by atoms with Crippen molar-refractivity contribution in [2.75, 3.05) is 34.5 Å². The lowest BCUT2D eigenvalue weighted by Crippen LogP contribution is -2.42. The first kappa shape index (κ1) is 25.2. The average molecular weight is 510 g/mol. The zero-order chi connectivity index (χ0) is 26.5. The van der Waals surface area contributed by atoms with E-state index < -0.39 is 0 Å². The number of methoxy groups -OCH3 is 3. The molecule has 4 aromatic rings. The van der Waals surface area contributed by atoms with Gasteiger partial charge in [0.25, 0.3) is 5.91 Å². The standard InChI is InChI=1S/C32H31NO5/c1-35-26-13-15-27(16-14-26)38-21-29-28-20-31(37-3)30(36-2)19-25(28)17-18-33(29)32(34)24-11-9-23(10-12-24)22-7-5-4-6-8-22/h4-16,19-20,29H,17-18,21H2,1-3H3/t29-/m1/s1. The van der Waals surface area contributed by atoms with Crippen molar-refractivity contribution in [3.05, 3.63) is 108 Å². The van der Waals surface area contributed by atoms with Crippen molar-refractivity contribution < 1.29 is 23.7 Å². The molecule has 0 saturated carbocycles. The lowest BCUT2D eigenvalue weighted by atomic mass is 9.91. The fourth-order valence-corrected chi connectivity index (χ4v) is 4.90. The summed E-state index contributed by atoms with van der Waals surface area (Å²) in [5.74, 6) is 2.74. The van der Waals surface area contributed by atoms with Gasteiger partial charge in [-0.05, 0) is 77.2 Å². The predicted octanol–water partition coefficient (Wildman–Crippen LogP) is 6.20. The van der Waals surface area contributed by atoms with Crippen LogP contribution >= 0.6 is 0 Å². The van der Waals surface area contributed by atoms with E-state index in [1.165, 1.54) is 0 Å². The maximum Gasteiger partial charge on any atom is 0.254 e. The first-order valence-electron chi connectivity index (χ1n) is 12.6. The first-order chi connectivity index (χ1) is 18.6. The minimum Gasteiger partial charge on any atom is -0.497 e. The summed E-state index contributed by atoms with van der Waals surface area (Å²) in [6.07, 6.45) is 0.711. The Morgan fingerprint density at radius 3 is 2.05 bits per heavy atom. The molecule has 0 spiro atoms. The van der Waals surface area contributed by atoms with Crippen LogP contribution in [0.1, 0.15) is 27.5 Å². The Labute approximate surface area is 223 Å². The highest BCUT2D eigenvalue weighted by molar-refractivity contribution is 5.95. The summed E-state index contributed by atoms with van der Waals surface area (Å²) in [6.45, 7) is 0.862. The molecule has 6 nitrogen and oxygen atoms in total. The molecule has 194 valence electrons. The fourth-order valence-electron chi connectivity index (χ4n) is 4.90. The van der Waals surface area contributed by atoms with Gasteiger partial charge in [-0.15, -0.1) is 0 Å². The third-order valence-corrected chi connectivity index (χ3v) is 6.97. The Morgan fingerprint density at radius 2 is 1.39 bits per heavy atom. The Balaban J connectivity index is 1.45. The van der Waals surface area contributed by atoms with Crippen LogP contribution < -0.4 is 18.9 Å². The summed E-state index contributed by atoms with van der Waals surface area (Å²) in [7, 11) is 4.88. The topological polar surface area (TPSA) is 57.2 Å². The molecular formula is C32H31NO5. The molecule has 38 heavy (non-hydrogen) atoms. The van der Waals surface area contributed by atoms with E-state index in [2.05, 4.69) is 12.1 Å². The van der Waals surface area contributed by atoms with Gasteiger partial charge in [-0.25, -0.2) is 0 Å². The summed E-state index contributed by atoms with van der Waals surface area (Å²) in [5.41, 5.74) is 4.95. The van der Waals surface area contributed by atoms with Crippen LogP contribution in [0.5, 0.6) is 23.0 Å². The van der Waals surface area contributed by atoms with Gasteiger partial charge in [0, 0.05) is 12.1 Å². The molecule has 6 heteroatoms. The smallest absolute Gasteiger partial charge is 0.254 e. The van der Waals surface area contributed by atoms with E-state index in [4.69, 9.17) is 18.9 Å². The van der Waals surface area contributed by atoms with Crippen molar-refractivity contribution >= 4 is 5.91 Å². The van der Waals surface area contributed by atoms with Gasteiger partial charge in [0.1, 0.15) is 18.1 Å². The number of nitrogens with zero attached hydrogens (tertiary/aromatic N) is 1. The molecule has 1 aliphatic rings. The molecule has 1 amide bonds. The summed E-state index contributed by atoms with van der Waals surface area (Å²) in [6, 6.07) is 29.0. The number of carbonyl (C=O) groups is 1. The molecule has 0 radical (unpaired) electrons. The van der Waals surface area contributed by atoms with Gasteiger partial charge in [0.15, 0.2) is 11.5 Å². The number of hydrogen-bond acceptors (Lipinski definition) is 5. The molecule has 1 heterocycles. The normalized spacial score (nSPS) is 14.4. The average Bonchev–Trinajstić information content (AvgIpc) is 2.99. The quantitative estimate of drug-likeness (QED) is 0.283. The van der Waals surface area contributed by atoms with Crippen molar-refractivity contribution in [3.63, 3.8) is 0 Å². The third-order valence-electron chi connectivity index (χ3n) is 6.97. The van der Waals surface area contributed by atoms with E-state index in [1.807, 2.05) is 83.8 Å². The molecule has 0 aromatic heterocycles. The number of rotatable bonds is 8. The van der Waals surface area contributed by atoms with E-state index in [0.717, 1.165) is 28.0 Å². The second-order valence-electron chi connectivity index (χ2n) is 9.10. The van der Waals surface area contributed by atoms with Crippen molar-refractivity contribution in [3.8, 4) is 34.1 Å². The van der Waals surface area contributed by atoms with Crippen LogP contribution in [0.25, 0.3) is 11.1 Å². The van der Waals surface area contributed by atoms with E-state index in [0.29, 0.717) is 42.4 Å². The van der Waals surface area contributed by atoms with Crippen molar-refractivity contribution in [2.24, 2.45) is 0 Å². The number of carbonyl (C=O) groups excluding carboxylic acids is 1. The van der Waals surface area contributed by atoms with E-state index >= 15 is 0 Å². The van der Waals surface area contributed by atoms with Crippen LogP contribution in [0, 0.1) is 0 Å². The molecule has 5 rings (SSSR count). The Bertz CT molecular complexity index is 1380. The van der Waals surface area contributed by atoms with E-state index in [-0.39, 0.29) is 11.9 Å². The largest absolute Gasteiger partial charge is 0.497 e. The molecular weight excluding hydrogens is 478 g/mol. The zero-order valence-electron chi connectivity index (χ0n) is 21.8. The van der Waals surface area contributed by atoms with Gasteiger partial charge in [-0.1, -0.05) is 42.5 Å². The molecule has 0 bridgehead atoms. The summed E-state index contributed by atoms with van der Waals surface area (Å²) in [5, 5.41) is 0. The Kier molecular flexibility index (Phi) is 7.50. The molecule has 4 aromatic carbocycles. The van der Waals surface area contributed by atoms with Crippen LogP contribution in [0.15, 0.2) is 91.0 Å². The molecule has 0 aliphatic carbocycles. The zero-order valence-corrected chi connectivity index (χ0v) is 21.8. The molecule has 0 unspecified atom stereocenters. The maximum absolute atomic E-state index is 13.8. The highest BCUT2D eigenvalue weighted by atomic mass is 16.5. The maximum atomic E-state index is 13.8. The van der Waals surface area contributed by atoms with Crippen LogP contribution in [-0.4, -0.2) is 45.3 Å². The van der Waals surface area contributed by atoms with Crippen LogP contribution in [0.3, 0.4) is 0 Å². The SMILES string of the molecule is COc1ccc(OC[C@@H]2c3cc(OC)c(OC)cc3CCN2C(=O)c2ccc(-c3ccccc3)cc2)cc1. The highest BCUT2D eigenvalue weighted by Crippen LogP contribution is 2.39. The van der Waals surface area contributed by atoms with Crippen LogP contribution in [0.2, 0.25) is 0 Å². The number of benzene rings is 4. The summed E-state index contributed by atoms with van der Waals surface area (Å²) in [4.78, 5) is 15.7. The highest BCUT2D eigenvalue weighted by Gasteiger charge is 2.33. The molecule has 0 saturated heterocycles. The fraction of sp³-hybridized carbons (Fsp3) is 0.219. The third kappa shape index (κ3) is 5.16. The lowest BCUT2D eigenvalue weighted by molar-refractivity contribution is 0.0589. The van der Waals surface area contributed by atoms with E-state index in [1.54, 1.807) is 21.3 Å². The van der Waals surface area contributed by atoms with Gasteiger partial charge >= 0.3 is 0 Å². The van der Waals surface area contributed by atoms with Crippen molar-refractivity contribution in [1.82, 2.24) is 4.90 Å². The predicted molar refractivity (Wildman–Crippen MR) is 147 cm³/mol. The minimum absolute atomic E-state index is 0.0339. The lowest BCUT2D eigenvalue weighted by Gasteiger charge is -2.37. The number of amides is 1. The van der Waals surface area contributed by atoms with Crippen LogP contribution in [0.4, 0.5) is 0 Å². The second kappa shape index (κ2) is 11.3. The van der Waals surface area contributed by atoms with Gasteiger partial charge in [-0.2, -0.15) is 0 Å². The van der Waals surface area contributed by atoms with Gasteiger partial charge < -0.3 is 23.8 Å². The molecule has 0 fully saturated rings.